The zero-order valence-electron chi connectivity index (χ0n) is 19.9. The summed E-state index contributed by atoms with van der Waals surface area (Å²) in [6.07, 6.45) is -6.85. The van der Waals surface area contributed by atoms with Crippen LogP contribution in [0.2, 0.25) is 0 Å². The number of aromatic hydroxyl groups is 3. The van der Waals surface area contributed by atoms with Crippen LogP contribution >= 0.6 is 0 Å². The maximum atomic E-state index is 13.5. The smallest absolute Gasteiger partial charge is 0.303 e. The summed E-state index contributed by atoms with van der Waals surface area (Å²) >= 11 is 0. The van der Waals surface area contributed by atoms with Gasteiger partial charge in [-0.1, -0.05) is 0 Å². The summed E-state index contributed by atoms with van der Waals surface area (Å²) in [4.78, 5) is 36.8. The molecule has 4 rings (SSSR count). The zero-order valence-corrected chi connectivity index (χ0v) is 19.9. The molecule has 0 bridgehead atoms. The summed E-state index contributed by atoms with van der Waals surface area (Å²) in [5.41, 5.74) is -0.761. The number of hydrogen-bond acceptors (Lipinski definition) is 12. The molecule has 0 radical (unpaired) electrons. The van der Waals surface area contributed by atoms with E-state index in [1.54, 1.807) is 0 Å². The van der Waals surface area contributed by atoms with Gasteiger partial charge < -0.3 is 43.8 Å². The predicted molar refractivity (Wildman–Crippen MR) is 125 cm³/mol. The first-order valence-electron chi connectivity index (χ1n) is 11.1. The van der Waals surface area contributed by atoms with Gasteiger partial charge in [-0.15, -0.1) is 0 Å². The Labute approximate surface area is 209 Å². The average Bonchev–Trinajstić information content (AvgIpc) is 2.80. The summed E-state index contributed by atoms with van der Waals surface area (Å²) in [6.45, 7) is 3.73. The van der Waals surface area contributed by atoms with Gasteiger partial charge in [-0.2, -0.15) is 0 Å². The lowest BCUT2D eigenvalue weighted by Gasteiger charge is -2.41. The molecule has 0 unspecified atom stereocenters. The molecule has 1 fully saturated rings. The lowest BCUT2D eigenvalue weighted by Crippen LogP contribution is -2.61. The maximum Gasteiger partial charge on any atom is 0.303 e. The Morgan fingerprint density at radius 1 is 0.919 bits per heavy atom. The van der Waals surface area contributed by atoms with Gasteiger partial charge in [-0.25, -0.2) is 0 Å². The van der Waals surface area contributed by atoms with Crippen molar-refractivity contribution in [2.75, 3.05) is 0 Å². The number of rotatable bonds is 5. The number of benzene rings is 2. The minimum Gasteiger partial charge on any atom is -0.508 e. The van der Waals surface area contributed by atoms with Crippen LogP contribution in [0.5, 0.6) is 23.0 Å². The number of carbonyl (C=O) groups is 2. The highest BCUT2D eigenvalue weighted by atomic mass is 16.7. The van der Waals surface area contributed by atoms with Crippen LogP contribution in [0.25, 0.3) is 22.3 Å². The van der Waals surface area contributed by atoms with Crippen LogP contribution in [-0.4, -0.2) is 63.1 Å². The Morgan fingerprint density at radius 3 is 2.16 bits per heavy atom. The van der Waals surface area contributed by atoms with Crippen molar-refractivity contribution >= 4 is 22.9 Å². The van der Waals surface area contributed by atoms with E-state index in [0.29, 0.717) is 0 Å². The molecule has 0 amide bonds. The van der Waals surface area contributed by atoms with Gasteiger partial charge in [0.25, 0.3) is 0 Å². The molecule has 1 aromatic heterocycles. The minimum atomic E-state index is -1.72. The number of phenols is 3. The molecule has 1 aliphatic heterocycles. The maximum absolute atomic E-state index is 13.5. The van der Waals surface area contributed by atoms with Crippen LogP contribution in [0.4, 0.5) is 0 Å². The van der Waals surface area contributed by atoms with Crippen LogP contribution in [0, 0.1) is 0 Å². The third-order valence-electron chi connectivity index (χ3n) is 5.64. The number of carbonyl (C=O) groups excluding carboxylic acids is 2. The molecule has 12 nitrogen and oxygen atoms in total. The summed E-state index contributed by atoms with van der Waals surface area (Å²) in [5, 5.41) is 40.5. The van der Waals surface area contributed by atoms with E-state index in [0.717, 1.165) is 26.0 Å². The van der Waals surface area contributed by atoms with Crippen LogP contribution in [0.15, 0.2) is 45.6 Å². The highest BCUT2D eigenvalue weighted by molar-refractivity contribution is 5.88. The molecule has 37 heavy (non-hydrogen) atoms. The molecule has 3 aromatic rings. The van der Waals surface area contributed by atoms with Gasteiger partial charge in [0.15, 0.2) is 24.1 Å². The number of phenolic OH excluding ortho intramolecular Hbond substituents is 3. The zero-order chi connectivity index (χ0) is 27.0. The first kappa shape index (κ1) is 25.8. The van der Waals surface area contributed by atoms with Gasteiger partial charge in [0.2, 0.25) is 17.5 Å². The van der Waals surface area contributed by atoms with Gasteiger partial charge in [-0.3, -0.25) is 14.4 Å². The fraction of sp³-hybridized carbons (Fsp3) is 0.320. The fourth-order valence-electron chi connectivity index (χ4n) is 4.06. The average molecular weight is 516 g/mol. The van der Waals surface area contributed by atoms with Crippen LogP contribution < -0.4 is 10.2 Å². The first-order valence-corrected chi connectivity index (χ1v) is 11.1. The van der Waals surface area contributed by atoms with E-state index < -0.39 is 59.6 Å². The summed E-state index contributed by atoms with van der Waals surface area (Å²) in [6, 6.07) is 7.58. The quantitative estimate of drug-likeness (QED) is 0.362. The molecule has 5 atom stereocenters. The van der Waals surface area contributed by atoms with Crippen molar-refractivity contribution in [3.05, 3.63) is 46.6 Å². The Balaban J connectivity index is 1.83. The number of fused-ring (bicyclic) bond motifs is 1. The monoisotopic (exact) mass is 516 g/mol. The van der Waals surface area contributed by atoms with Crippen molar-refractivity contribution in [1.29, 1.82) is 0 Å². The Kier molecular flexibility index (Phi) is 6.96. The van der Waals surface area contributed by atoms with Gasteiger partial charge in [-0.05, 0) is 31.2 Å². The summed E-state index contributed by atoms with van der Waals surface area (Å²) < 4.78 is 27.7. The molecule has 4 N–H and O–H groups in total. The minimum absolute atomic E-state index is 0.0646. The molecule has 12 heteroatoms. The number of hydrogen-bond donors (Lipinski definition) is 4. The highest BCUT2D eigenvalue weighted by Gasteiger charge is 2.49. The standard InChI is InChI=1S/C25H24O12/c1-10-21(34-11(2)26)24(35-12(3)27)20(32)25(33-10)37-23-19(31)18-16(30)8-15(29)9-17(18)36-22(23)13-4-6-14(28)7-5-13/h4-10,20-21,24-25,28-30,32H,1-3H3/t10-,20+,21+,24+,25-/m0/s1. The highest BCUT2D eigenvalue weighted by Crippen LogP contribution is 2.37. The second-order valence-corrected chi connectivity index (χ2v) is 8.44. The number of aliphatic hydroxyl groups is 1. The molecular formula is C25H24O12. The number of ether oxygens (including phenoxy) is 4. The van der Waals surface area contributed by atoms with Crippen molar-refractivity contribution < 1.29 is 53.4 Å². The summed E-state index contributed by atoms with van der Waals surface area (Å²) in [7, 11) is 0. The first-order chi connectivity index (χ1) is 17.5. The Hall–Kier alpha value is -4.29. The van der Waals surface area contributed by atoms with Crippen molar-refractivity contribution in [3.8, 4) is 34.3 Å². The van der Waals surface area contributed by atoms with Crippen molar-refractivity contribution in [2.45, 2.75) is 51.5 Å². The van der Waals surface area contributed by atoms with Gasteiger partial charge in [0, 0.05) is 31.5 Å². The normalized spacial score (nSPS) is 23.4. The lowest BCUT2D eigenvalue weighted by molar-refractivity contribution is -0.276. The van der Waals surface area contributed by atoms with E-state index >= 15 is 0 Å². The van der Waals surface area contributed by atoms with Crippen molar-refractivity contribution in [3.63, 3.8) is 0 Å². The predicted octanol–water partition coefficient (Wildman–Crippen LogP) is 1.92. The van der Waals surface area contributed by atoms with Crippen molar-refractivity contribution in [1.82, 2.24) is 0 Å². The van der Waals surface area contributed by atoms with Gasteiger partial charge in [0.1, 0.15) is 28.2 Å². The number of esters is 2. The molecule has 1 saturated heterocycles. The third-order valence-corrected chi connectivity index (χ3v) is 5.64. The van der Waals surface area contributed by atoms with Crippen LogP contribution in [0.3, 0.4) is 0 Å². The van der Waals surface area contributed by atoms with Crippen LogP contribution in [-0.2, 0) is 23.8 Å². The van der Waals surface area contributed by atoms with E-state index in [9.17, 15) is 34.8 Å². The van der Waals surface area contributed by atoms with E-state index in [4.69, 9.17) is 23.4 Å². The van der Waals surface area contributed by atoms with Crippen molar-refractivity contribution in [2.24, 2.45) is 0 Å². The molecule has 1 aliphatic rings. The molecule has 2 aromatic carbocycles. The summed E-state index contributed by atoms with van der Waals surface area (Å²) in [5.74, 6) is -3.14. The molecule has 0 saturated carbocycles. The molecule has 196 valence electrons. The van der Waals surface area contributed by atoms with E-state index in [1.807, 2.05) is 0 Å². The molecule has 0 aliphatic carbocycles. The van der Waals surface area contributed by atoms with E-state index in [1.165, 1.54) is 31.2 Å². The topological polar surface area (TPSA) is 182 Å². The lowest BCUT2D eigenvalue weighted by atomic mass is 9.99. The molecular weight excluding hydrogens is 492 g/mol. The fourth-order valence-corrected chi connectivity index (χ4v) is 4.06. The second-order valence-electron chi connectivity index (χ2n) is 8.44. The van der Waals surface area contributed by atoms with Gasteiger partial charge in [0.05, 0.1) is 6.10 Å². The van der Waals surface area contributed by atoms with E-state index in [-0.39, 0.29) is 33.8 Å². The molecule has 2 heterocycles. The van der Waals surface area contributed by atoms with Gasteiger partial charge >= 0.3 is 11.9 Å². The van der Waals surface area contributed by atoms with E-state index in [2.05, 4.69) is 0 Å². The Bertz CT molecular complexity index is 1390. The van der Waals surface area contributed by atoms with Crippen LogP contribution in [0.1, 0.15) is 20.8 Å². The molecule has 0 spiro atoms. The SMILES string of the molecule is CC(=O)O[C@@H]1[C@@H](O)[C@H](Oc2c(-c3ccc(O)cc3)oc3cc(O)cc(O)c3c2=O)O[C@@H](C)[C@H]1OC(C)=O. The third kappa shape index (κ3) is 5.15. The Morgan fingerprint density at radius 2 is 1.54 bits per heavy atom. The largest absolute Gasteiger partial charge is 0.508 e. The second kappa shape index (κ2) is 9.99. The number of aliphatic hydroxyl groups excluding tert-OH is 1.